The number of hydrogen-bond donors (Lipinski definition) is 2. The maximum absolute atomic E-state index is 9.46. The van der Waals surface area contributed by atoms with E-state index in [4.69, 9.17) is 4.74 Å². The third kappa shape index (κ3) is 1.18. The number of phenolic OH excluding ortho intramolecular Hbond substituents is 2. The largest absolute Gasteiger partial charge is 0.507 e. The Morgan fingerprint density at radius 3 is 2.25 bits per heavy atom. The summed E-state index contributed by atoms with van der Waals surface area (Å²) in [6.45, 7) is 3.39. The monoisotopic (exact) mass is 168 g/mol. The molecule has 3 heteroatoms. The minimum absolute atomic E-state index is 0.0509. The van der Waals surface area contributed by atoms with E-state index in [1.54, 1.807) is 13.8 Å². The van der Waals surface area contributed by atoms with Gasteiger partial charge in [-0.05, 0) is 13.8 Å². The molecule has 0 aliphatic carbocycles. The maximum Gasteiger partial charge on any atom is 0.129 e. The minimum atomic E-state index is 0.0509. The first-order chi connectivity index (χ1) is 5.57. The molecule has 0 aromatic heterocycles. The lowest BCUT2D eigenvalue weighted by Gasteiger charge is -2.09. The molecule has 66 valence electrons. The Morgan fingerprint density at radius 1 is 1.17 bits per heavy atom. The molecule has 0 spiro atoms. The molecule has 1 aromatic rings. The van der Waals surface area contributed by atoms with Gasteiger partial charge in [0.2, 0.25) is 0 Å². The topological polar surface area (TPSA) is 49.7 Å². The van der Waals surface area contributed by atoms with Crippen molar-refractivity contribution < 1.29 is 14.9 Å². The molecule has 0 aliphatic rings. The van der Waals surface area contributed by atoms with E-state index in [9.17, 15) is 10.2 Å². The molecule has 3 nitrogen and oxygen atoms in total. The molecule has 0 heterocycles. The van der Waals surface area contributed by atoms with Crippen molar-refractivity contribution in [1.29, 1.82) is 0 Å². The molecule has 12 heavy (non-hydrogen) atoms. The second-order valence-corrected chi connectivity index (χ2v) is 2.70. The second kappa shape index (κ2) is 2.93. The Labute approximate surface area is 71.2 Å². The Morgan fingerprint density at radius 2 is 1.75 bits per heavy atom. The molecule has 0 bridgehead atoms. The van der Waals surface area contributed by atoms with E-state index in [0.717, 1.165) is 0 Å². The van der Waals surface area contributed by atoms with Gasteiger partial charge in [0.25, 0.3) is 0 Å². The molecule has 1 rings (SSSR count). The van der Waals surface area contributed by atoms with Crippen LogP contribution in [0.2, 0.25) is 0 Å². The third-order valence-corrected chi connectivity index (χ3v) is 1.95. The molecule has 0 fully saturated rings. The zero-order valence-electron chi connectivity index (χ0n) is 7.38. The Bertz CT molecular complexity index is 305. The van der Waals surface area contributed by atoms with Crippen molar-refractivity contribution in [3.8, 4) is 17.2 Å². The molecule has 0 aliphatic heterocycles. The summed E-state index contributed by atoms with van der Waals surface area (Å²) in [6, 6.07) is 1.49. The van der Waals surface area contributed by atoms with Crippen molar-refractivity contribution in [2.24, 2.45) is 0 Å². The van der Waals surface area contributed by atoms with Gasteiger partial charge in [0.15, 0.2) is 0 Å². The highest BCUT2D eigenvalue weighted by atomic mass is 16.5. The van der Waals surface area contributed by atoms with Crippen LogP contribution in [0, 0.1) is 13.8 Å². The van der Waals surface area contributed by atoms with Crippen LogP contribution in [-0.4, -0.2) is 17.3 Å². The lowest BCUT2D eigenvalue weighted by atomic mass is 10.1. The Balaban J connectivity index is 3.39. The van der Waals surface area contributed by atoms with E-state index in [2.05, 4.69) is 0 Å². The highest BCUT2D eigenvalue weighted by Crippen LogP contribution is 2.36. The predicted octanol–water partition coefficient (Wildman–Crippen LogP) is 1.72. The fourth-order valence-corrected chi connectivity index (χ4v) is 1.07. The van der Waals surface area contributed by atoms with Crippen LogP contribution in [0.5, 0.6) is 17.2 Å². The van der Waals surface area contributed by atoms with Crippen molar-refractivity contribution in [2.45, 2.75) is 13.8 Å². The molecular formula is C9H12O3. The molecular weight excluding hydrogens is 156 g/mol. The summed E-state index contributed by atoms with van der Waals surface area (Å²) < 4.78 is 4.94. The van der Waals surface area contributed by atoms with Crippen LogP contribution in [-0.2, 0) is 0 Å². The zero-order valence-corrected chi connectivity index (χ0v) is 7.38. The van der Waals surface area contributed by atoms with Gasteiger partial charge in [0.1, 0.15) is 17.2 Å². The highest BCUT2D eigenvalue weighted by Gasteiger charge is 2.10. The van der Waals surface area contributed by atoms with Crippen LogP contribution in [0.15, 0.2) is 6.07 Å². The van der Waals surface area contributed by atoms with E-state index in [-0.39, 0.29) is 11.5 Å². The van der Waals surface area contributed by atoms with Gasteiger partial charge in [-0.25, -0.2) is 0 Å². The van der Waals surface area contributed by atoms with E-state index in [1.807, 2.05) is 0 Å². The van der Waals surface area contributed by atoms with E-state index in [0.29, 0.717) is 16.9 Å². The molecule has 1 aromatic carbocycles. The van der Waals surface area contributed by atoms with Crippen molar-refractivity contribution >= 4 is 0 Å². The van der Waals surface area contributed by atoms with Crippen molar-refractivity contribution in [2.75, 3.05) is 7.11 Å². The molecule has 0 atom stereocenters. The summed E-state index contributed by atoms with van der Waals surface area (Å²) >= 11 is 0. The van der Waals surface area contributed by atoms with Crippen LogP contribution in [0.25, 0.3) is 0 Å². The van der Waals surface area contributed by atoms with Crippen molar-refractivity contribution in [1.82, 2.24) is 0 Å². The fourth-order valence-electron chi connectivity index (χ4n) is 1.07. The lowest BCUT2D eigenvalue weighted by molar-refractivity contribution is 0.391. The van der Waals surface area contributed by atoms with E-state index >= 15 is 0 Å². The zero-order chi connectivity index (χ0) is 9.30. The van der Waals surface area contributed by atoms with Gasteiger partial charge in [-0.1, -0.05) is 0 Å². The Hall–Kier alpha value is -1.38. The average Bonchev–Trinajstić information content (AvgIpc) is 2.08. The summed E-state index contributed by atoms with van der Waals surface area (Å²) in [4.78, 5) is 0. The summed E-state index contributed by atoms with van der Waals surface area (Å²) in [5, 5.41) is 18.8. The molecule has 2 N–H and O–H groups in total. The van der Waals surface area contributed by atoms with Crippen LogP contribution >= 0.6 is 0 Å². The van der Waals surface area contributed by atoms with E-state index in [1.165, 1.54) is 13.2 Å². The summed E-state index contributed by atoms with van der Waals surface area (Å²) in [7, 11) is 1.50. The van der Waals surface area contributed by atoms with Gasteiger partial charge < -0.3 is 14.9 Å². The smallest absolute Gasteiger partial charge is 0.129 e. The number of benzene rings is 1. The molecule has 0 saturated carbocycles. The number of ether oxygens (including phenoxy) is 1. The van der Waals surface area contributed by atoms with Gasteiger partial charge in [0.05, 0.1) is 7.11 Å². The first kappa shape index (κ1) is 8.71. The van der Waals surface area contributed by atoms with Gasteiger partial charge >= 0.3 is 0 Å². The quantitative estimate of drug-likeness (QED) is 0.671. The SMILES string of the molecule is COc1cc(O)c(C)c(O)c1C. The summed E-state index contributed by atoms with van der Waals surface area (Å²) in [6.07, 6.45) is 0. The molecule has 0 amide bonds. The Kier molecular flexibility index (Phi) is 2.13. The third-order valence-electron chi connectivity index (χ3n) is 1.95. The van der Waals surface area contributed by atoms with Crippen LogP contribution in [0.3, 0.4) is 0 Å². The summed E-state index contributed by atoms with van der Waals surface area (Å²) in [5.74, 6) is 0.636. The number of hydrogen-bond acceptors (Lipinski definition) is 3. The van der Waals surface area contributed by atoms with Crippen LogP contribution in [0.1, 0.15) is 11.1 Å². The minimum Gasteiger partial charge on any atom is -0.507 e. The molecule has 0 saturated heterocycles. The molecule has 0 unspecified atom stereocenters. The first-order valence-corrected chi connectivity index (χ1v) is 3.64. The number of phenols is 2. The van der Waals surface area contributed by atoms with Gasteiger partial charge in [-0.3, -0.25) is 0 Å². The van der Waals surface area contributed by atoms with Crippen LogP contribution in [0.4, 0.5) is 0 Å². The normalized spacial score (nSPS) is 9.92. The predicted molar refractivity (Wildman–Crippen MR) is 45.8 cm³/mol. The maximum atomic E-state index is 9.46. The summed E-state index contributed by atoms with van der Waals surface area (Å²) in [5.41, 5.74) is 1.13. The second-order valence-electron chi connectivity index (χ2n) is 2.70. The van der Waals surface area contributed by atoms with Gasteiger partial charge in [-0.2, -0.15) is 0 Å². The van der Waals surface area contributed by atoms with Crippen LogP contribution < -0.4 is 4.74 Å². The van der Waals surface area contributed by atoms with Crippen molar-refractivity contribution in [3.63, 3.8) is 0 Å². The fraction of sp³-hybridized carbons (Fsp3) is 0.333. The first-order valence-electron chi connectivity index (χ1n) is 3.64. The standard InChI is InChI=1S/C9H12O3/c1-5-7(10)4-8(12-3)6(2)9(5)11/h4,10-11H,1-3H3. The van der Waals surface area contributed by atoms with Gasteiger partial charge in [0, 0.05) is 17.2 Å². The highest BCUT2D eigenvalue weighted by molar-refractivity contribution is 5.54. The van der Waals surface area contributed by atoms with Gasteiger partial charge in [-0.15, -0.1) is 0 Å². The molecule has 0 radical (unpaired) electrons. The van der Waals surface area contributed by atoms with Crippen molar-refractivity contribution in [3.05, 3.63) is 17.2 Å². The average molecular weight is 168 g/mol. The number of rotatable bonds is 1. The van der Waals surface area contributed by atoms with E-state index < -0.39 is 0 Å². The lowest BCUT2D eigenvalue weighted by Crippen LogP contribution is -1.89. The number of aromatic hydroxyl groups is 2. The number of methoxy groups -OCH3 is 1.